The fraction of sp³-hybridized carbons (Fsp3) is 0.765. The van der Waals surface area contributed by atoms with Crippen molar-refractivity contribution in [3.05, 3.63) is 47.5 Å². The molecule has 1 aromatic carbocycles. The standard InChI is InChI=1S/C51H76N2O6/c1-33(2)37-17-22-51(30-42(55)53-27-25-52(26-28-53)32-36-13-11-35(12-14-36)29-34(3)54)24-23-49(9)38(44(37)51)15-16-40-48(8)20-19-41(59-43(56)31-46(4,5)45(57)58)47(6,7)39(48)18-21-50(40,49)10/h11-14,37-41,44H,1,15-32H2,2-10H3,(H,57,58)/t37-,38+,39-,40+,41-,44+,48-,49+,50+,51+/m0/s1. The first-order chi connectivity index (χ1) is 27.6. The van der Waals surface area contributed by atoms with E-state index >= 15 is 0 Å². The number of nitrogens with zero attached hydrogens (tertiary/aromatic N) is 2. The lowest BCUT2D eigenvalue weighted by atomic mass is 9.32. The molecule has 0 aromatic heterocycles. The summed E-state index contributed by atoms with van der Waals surface area (Å²) in [6.45, 7) is 28.4. The number of Topliss-reactive ketones (excluding diaryl/α,β-unsaturated/α-hetero) is 1. The maximum absolute atomic E-state index is 14.5. The molecular formula is C51H76N2O6. The highest BCUT2D eigenvalue weighted by Gasteiger charge is 2.71. The number of benzene rings is 1. The number of ketones is 1. The fourth-order valence-electron chi connectivity index (χ4n) is 15.3. The molecule has 8 heteroatoms. The van der Waals surface area contributed by atoms with Crippen LogP contribution < -0.4 is 0 Å². The zero-order valence-corrected chi connectivity index (χ0v) is 38.1. The maximum atomic E-state index is 14.5. The number of aliphatic carboxylic acids is 1. The van der Waals surface area contributed by atoms with E-state index in [1.807, 2.05) is 0 Å². The van der Waals surface area contributed by atoms with Crippen LogP contribution in [0.1, 0.15) is 150 Å². The summed E-state index contributed by atoms with van der Waals surface area (Å²) in [5, 5.41) is 9.65. The summed E-state index contributed by atoms with van der Waals surface area (Å²) < 4.78 is 6.21. The third-order valence-electron chi connectivity index (χ3n) is 18.7. The number of carbonyl (C=O) groups is 4. The molecule has 1 saturated heterocycles. The first-order valence-electron chi connectivity index (χ1n) is 23.2. The maximum Gasteiger partial charge on any atom is 0.309 e. The predicted octanol–water partition coefficient (Wildman–Crippen LogP) is 9.92. The molecule has 5 saturated carbocycles. The second-order valence-electron chi connectivity index (χ2n) is 22.8. The summed E-state index contributed by atoms with van der Waals surface area (Å²) in [6, 6.07) is 8.43. The number of fused-ring (bicyclic) bond motifs is 7. The van der Waals surface area contributed by atoms with Gasteiger partial charge < -0.3 is 14.7 Å². The van der Waals surface area contributed by atoms with E-state index < -0.39 is 17.4 Å². The summed E-state index contributed by atoms with van der Waals surface area (Å²) >= 11 is 0. The number of hydrogen-bond acceptors (Lipinski definition) is 6. The molecule has 10 atom stereocenters. The highest BCUT2D eigenvalue weighted by Crippen LogP contribution is 2.78. The molecule has 6 aliphatic rings. The van der Waals surface area contributed by atoms with Gasteiger partial charge in [0, 0.05) is 51.0 Å². The highest BCUT2D eigenvalue weighted by atomic mass is 16.5. The molecule has 1 amide bonds. The molecule has 0 bridgehead atoms. The number of allylic oxidation sites excluding steroid dienone is 1. The average molecular weight is 813 g/mol. The molecule has 8 nitrogen and oxygen atoms in total. The fourth-order valence-corrected chi connectivity index (χ4v) is 15.3. The Labute approximate surface area is 355 Å². The largest absolute Gasteiger partial charge is 0.481 e. The topological polar surface area (TPSA) is 104 Å². The lowest BCUT2D eigenvalue weighted by molar-refractivity contribution is -0.250. The number of rotatable bonds is 11. The Morgan fingerprint density at radius 1 is 0.797 bits per heavy atom. The van der Waals surface area contributed by atoms with Crippen molar-refractivity contribution < 1.29 is 29.0 Å². The smallest absolute Gasteiger partial charge is 0.309 e. The van der Waals surface area contributed by atoms with E-state index in [2.05, 4.69) is 82.2 Å². The van der Waals surface area contributed by atoms with E-state index in [0.717, 1.165) is 76.8 Å². The molecule has 1 aliphatic heterocycles. The van der Waals surface area contributed by atoms with Gasteiger partial charge in [-0.25, -0.2) is 0 Å². The van der Waals surface area contributed by atoms with E-state index in [1.54, 1.807) is 20.8 Å². The Hall–Kier alpha value is -3.00. The number of amides is 1. The van der Waals surface area contributed by atoms with Crippen LogP contribution in [0.4, 0.5) is 0 Å². The Kier molecular flexibility index (Phi) is 11.7. The van der Waals surface area contributed by atoms with Crippen molar-refractivity contribution in [2.24, 2.45) is 62.1 Å². The SMILES string of the molecule is C=C(C)[C@@H]1CC[C@]2(CC(=O)N3CCN(Cc4ccc(CC(C)=O)cc4)CC3)CC[C@]3(C)[C@H](CC[C@@H]4[C@@]5(C)CC[C@H](OC(=O)CC(C)(C)C(=O)O)C(C)(C)[C@@H]5CC[C@]43C)[C@@H]12. The van der Waals surface area contributed by atoms with Gasteiger partial charge in [-0.05, 0) is 154 Å². The summed E-state index contributed by atoms with van der Waals surface area (Å²) in [7, 11) is 0. The molecule has 5 aliphatic carbocycles. The van der Waals surface area contributed by atoms with Crippen LogP contribution in [0.3, 0.4) is 0 Å². The molecule has 7 rings (SSSR count). The monoisotopic (exact) mass is 813 g/mol. The molecule has 0 spiro atoms. The Morgan fingerprint density at radius 3 is 2.08 bits per heavy atom. The van der Waals surface area contributed by atoms with Gasteiger partial charge in [-0.15, -0.1) is 0 Å². The number of hydrogen-bond donors (Lipinski definition) is 1. The van der Waals surface area contributed by atoms with Crippen LogP contribution >= 0.6 is 0 Å². The van der Waals surface area contributed by atoms with Gasteiger partial charge in [0.1, 0.15) is 11.9 Å². The van der Waals surface area contributed by atoms with Crippen LogP contribution in [-0.4, -0.2) is 70.8 Å². The van der Waals surface area contributed by atoms with Crippen LogP contribution in [0, 0.1) is 62.1 Å². The number of carbonyl (C=O) groups excluding carboxylic acids is 3. The van der Waals surface area contributed by atoms with Crippen molar-refractivity contribution in [3.8, 4) is 0 Å². The van der Waals surface area contributed by atoms with Crippen molar-refractivity contribution >= 4 is 23.6 Å². The first-order valence-corrected chi connectivity index (χ1v) is 23.2. The number of carboxylic acids is 1. The second kappa shape index (κ2) is 15.7. The van der Waals surface area contributed by atoms with Gasteiger partial charge in [0.25, 0.3) is 0 Å². The molecule has 1 heterocycles. The van der Waals surface area contributed by atoms with E-state index in [1.165, 1.54) is 36.8 Å². The van der Waals surface area contributed by atoms with Gasteiger partial charge in [-0.2, -0.15) is 0 Å². The van der Waals surface area contributed by atoms with E-state index in [9.17, 15) is 24.3 Å². The minimum Gasteiger partial charge on any atom is -0.481 e. The average Bonchev–Trinajstić information content (AvgIpc) is 3.53. The van der Waals surface area contributed by atoms with Crippen molar-refractivity contribution in [1.29, 1.82) is 0 Å². The van der Waals surface area contributed by atoms with Crippen LogP contribution in [0.15, 0.2) is 36.4 Å². The van der Waals surface area contributed by atoms with Crippen molar-refractivity contribution in [3.63, 3.8) is 0 Å². The first kappa shape index (κ1) is 44.1. The number of piperazine rings is 1. The summed E-state index contributed by atoms with van der Waals surface area (Å²) in [5.74, 6) is 1.68. The molecule has 6 fully saturated rings. The van der Waals surface area contributed by atoms with Crippen molar-refractivity contribution in [1.82, 2.24) is 9.80 Å². The second-order valence-corrected chi connectivity index (χ2v) is 22.8. The Bertz CT molecular complexity index is 1810. The zero-order chi connectivity index (χ0) is 42.9. The zero-order valence-electron chi connectivity index (χ0n) is 38.1. The summed E-state index contributed by atoms with van der Waals surface area (Å²) in [5.41, 5.74) is 2.77. The number of carboxylic acid groups (broad SMARTS) is 1. The number of ether oxygens (including phenoxy) is 1. The van der Waals surface area contributed by atoms with Crippen LogP contribution in [0.2, 0.25) is 0 Å². The summed E-state index contributed by atoms with van der Waals surface area (Å²) in [6.07, 6.45) is 12.0. The lowest BCUT2D eigenvalue weighted by Gasteiger charge is -2.73. The molecular weight excluding hydrogens is 737 g/mol. The third kappa shape index (κ3) is 7.66. The highest BCUT2D eigenvalue weighted by molar-refractivity contribution is 5.81. The van der Waals surface area contributed by atoms with Gasteiger partial charge in [0.05, 0.1) is 11.8 Å². The minimum absolute atomic E-state index is 0.0348. The molecule has 1 aromatic rings. The quantitative estimate of drug-likeness (QED) is 0.175. The van der Waals surface area contributed by atoms with Crippen LogP contribution in [0.5, 0.6) is 0 Å². The van der Waals surface area contributed by atoms with E-state index in [0.29, 0.717) is 48.3 Å². The van der Waals surface area contributed by atoms with Gasteiger partial charge in [-0.1, -0.05) is 71.0 Å². The Morgan fingerprint density at radius 2 is 1.46 bits per heavy atom. The predicted molar refractivity (Wildman–Crippen MR) is 232 cm³/mol. The normalized spacial score (nSPS) is 37.9. The molecule has 59 heavy (non-hydrogen) atoms. The molecule has 1 N–H and O–H groups in total. The Balaban J connectivity index is 1.04. The molecule has 0 radical (unpaired) electrons. The third-order valence-corrected chi connectivity index (χ3v) is 18.7. The molecule has 0 unspecified atom stereocenters. The van der Waals surface area contributed by atoms with Gasteiger partial charge in [-0.3, -0.25) is 24.1 Å². The van der Waals surface area contributed by atoms with Crippen LogP contribution in [-0.2, 0) is 36.9 Å². The van der Waals surface area contributed by atoms with E-state index in [4.69, 9.17) is 4.74 Å². The van der Waals surface area contributed by atoms with Gasteiger partial charge >= 0.3 is 11.9 Å². The lowest BCUT2D eigenvalue weighted by Crippen LogP contribution is -2.67. The number of esters is 1. The van der Waals surface area contributed by atoms with Crippen molar-refractivity contribution in [2.75, 3.05) is 26.2 Å². The minimum atomic E-state index is -1.15. The molecule has 326 valence electrons. The van der Waals surface area contributed by atoms with E-state index in [-0.39, 0.29) is 45.4 Å². The van der Waals surface area contributed by atoms with Gasteiger partial charge in [0.2, 0.25) is 5.91 Å². The summed E-state index contributed by atoms with van der Waals surface area (Å²) in [4.78, 5) is 55.6. The van der Waals surface area contributed by atoms with Crippen LogP contribution in [0.25, 0.3) is 0 Å². The van der Waals surface area contributed by atoms with Gasteiger partial charge in [0.15, 0.2) is 0 Å². The van der Waals surface area contributed by atoms with Crippen molar-refractivity contribution in [2.45, 2.75) is 158 Å².